The first-order valence-corrected chi connectivity index (χ1v) is 8.58. The van der Waals surface area contributed by atoms with Crippen molar-refractivity contribution in [2.24, 2.45) is 0 Å². The molecule has 0 aliphatic rings. The molecule has 0 aliphatic carbocycles. The van der Waals surface area contributed by atoms with Gasteiger partial charge in [-0.1, -0.05) is 30.7 Å². The summed E-state index contributed by atoms with van der Waals surface area (Å²) in [7, 11) is 0. The van der Waals surface area contributed by atoms with Gasteiger partial charge in [0.2, 0.25) is 0 Å². The van der Waals surface area contributed by atoms with Crippen molar-refractivity contribution in [3.05, 3.63) is 53.8 Å². The summed E-state index contributed by atoms with van der Waals surface area (Å²) in [6.07, 6.45) is 2.07. The first-order chi connectivity index (χ1) is 11.7. The van der Waals surface area contributed by atoms with Crippen molar-refractivity contribution in [2.45, 2.75) is 19.8 Å². The molecule has 1 aromatic heterocycles. The smallest absolute Gasteiger partial charge is 0.257 e. The molecule has 124 valence electrons. The van der Waals surface area contributed by atoms with Crippen LogP contribution in [-0.4, -0.2) is 17.5 Å². The minimum atomic E-state index is -0.391. The molecule has 3 rings (SSSR count). The first kappa shape index (κ1) is 16.4. The second kappa shape index (κ2) is 7.40. The number of thiazole rings is 1. The third-order valence-electron chi connectivity index (χ3n) is 3.47. The molecule has 4 nitrogen and oxygen atoms in total. The van der Waals surface area contributed by atoms with E-state index in [1.54, 1.807) is 36.4 Å². The van der Waals surface area contributed by atoms with Gasteiger partial charge in [-0.25, -0.2) is 9.37 Å². The number of rotatable bonds is 6. The van der Waals surface area contributed by atoms with Crippen LogP contribution in [0.25, 0.3) is 10.2 Å². The molecule has 0 saturated heterocycles. The zero-order valence-electron chi connectivity index (χ0n) is 13.2. The Kier molecular flexibility index (Phi) is 5.05. The van der Waals surface area contributed by atoms with E-state index in [4.69, 9.17) is 4.74 Å². The van der Waals surface area contributed by atoms with E-state index >= 15 is 0 Å². The van der Waals surface area contributed by atoms with Crippen LogP contribution in [0, 0.1) is 5.82 Å². The summed E-state index contributed by atoms with van der Waals surface area (Å²) in [5.74, 6) is 0.0643. The molecule has 0 saturated carbocycles. The Balaban J connectivity index is 1.68. The fraction of sp³-hybridized carbons (Fsp3) is 0.222. The topological polar surface area (TPSA) is 51.2 Å². The largest absolute Gasteiger partial charge is 0.494 e. The van der Waals surface area contributed by atoms with E-state index in [2.05, 4.69) is 17.2 Å². The third-order valence-corrected chi connectivity index (χ3v) is 4.41. The van der Waals surface area contributed by atoms with Gasteiger partial charge >= 0.3 is 0 Å². The number of carbonyl (C=O) groups excluding carboxylic acids is 1. The van der Waals surface area contributed by atoms with Gasteiger partial charge in [-0.15, -0.1) is 0 Å². The van der Waals surface area contributed by atoms with Gasteiger partial charge in [0.25, 0.3) is 5.91 Å². The van der Waals surface area contributed by atoms with Crippen molar-refractivity contribution in [2.75, 3.05) is 11.9 Å². The van der Waals surface area contributed by atoms with Crippen molar-refractivity contribution in [1.29, 1.82) is 0 Å². The number of amides is 1. The minimum absolute atomic E-state index is 0.275. The molecule has 0 unspecified atom stereocenters. The number of para-hydroxylation sites is 1. The first-order valence-electron chi connectivity index (χ1n) is 7.76. The lowest BCUT2D eigenvalue weighted by molar-refractivity contribution is 0.102. The zero-order valence-corrected chi connectivity index (χ0v) is 14.0. The maximum Gasteiger partial charge on any atom is 0.257 e. The second-order valence-corrected chi connectivity index (χ2v) is 6.32. The number of carbonyl (C=O) groups is 1. The van der Waals surface area contributed by atoms with Crippen molar-refractivity contribution in [1.82, 2.24) is 4.98 Å². The van der Waals surface area contributed by atoms with Crippen molar-refractivity contribution >= 4 is 32.6 Å². The van der Waals surface area contributed by atoms with E-state index in [0.29, 0.717) is 22.0 Å². The van der Waals surface area contributed by atoms with Crippen LogP contribution < -0.4 is 10.1 Å². The molecule has 3 aromatic rings. The summed E-state index contributed by atoms with van der Waals surface area (Å²) < 4.78 is 19.9. The number of anilines is 1. The normalized spacial score (nSPS) is 10.8. The number of nitrogens with one attached hydrogen (secondary N) is 1. The molecule has 0 fully saturated rings. The Morgan fingerprint density at radius 2 is 2.04 bits per heavy atom. The monoisotopic (exact) mass is 344 g/mol. The Morgan fingerprint density at radius 3 is 2.75 bits per heavy atom. The number of unbranched alkanes of at least 4 members (excludes halogenated alkanes) is 1. The molecule has 0 spiro atoms. The van der Waals surface area contributed by atoms with E-state index in [9.17, 15) is 9.18 Å². The SMILES string of the molecule is CCCCOc1ccc(C(=O)Nc2nc3c(F)cccc3s2)cc1. The van der Waals surface area contributed by atoms with Crippen LogP contribution in [0.2, 0.25) is 0 Å². The highest BCUT2D eigenvalue weighted by Crippen LogP contribution is 2.27. The number of nitrogens with zero attached hydrogens (tertiary/aromatic N) is 1. The van der Waals surface area contributed by atoms with Gasteiger partial charge in [0.1, 0.15) is 17.1 Å². The van der Waals surface area contributed by atoms with Crippen LogP contribution in [-0.2, 0) is 0 Å². The molecule has 1 N–H and O–H groups in total. The maximum atomic E-state index is 13.6. The van der Waals surface area contributed by atoms with E-state index in [1.165, 1.54) is 17.4 Å². The number of ether oxygens (including phenoxy) is 1. The molecular formula is C18H17FN2O2S. The molecule has 0 atom stereocenters. The molecule has 24 heavy (non-hydrogen) atoms. The number of aromatic nitrogens is 1. The lowest BCUT2D eigenvalue weighted by Gasteiger charge is -2.06. The molecular weight excluding hydrogens is 327 g/mol. The number of fused-ring (bicyclic) bond motifs is 1. The van der Waals surface area contributed by atoms with Gasteiger partial charge in [0, 0.05) is 5.56 Å². The Bertz CT molecular complexity index is 846. The van der Waals surface area contributed by atoms with Gasteiger partial charge < -0.3 is 4.74 Å². The van der Waals surface area contributed by atoms with E-state index in [0.717, 1.165) is 18.6 Å². The van der Waals surface area contributed by atoms with Crippen molar-refractivity contribution in [3.63, 3.8) is 0 Å². The lowest BCUT2D eigenvalue weighted by Crippen LogP contribution is -2.11. The average molecular weight is 344 g/mol. The van der Waals surface area contributed by atoms with Crippen LogP contribution in [0.4, 0.5) is 9.52 Å². The number of halogens is 1. The molecule has 6 heteroatoms. The summed E-state index contributed by atoms with van der Waals surface area (Å²) in [4.78, 5) is 16.4. The maximum absolute atomic E-state index is 13.6. The molecule has 1 heterocycles. The van der Waals surface area contributed by atoms with Gasteiger partial charge in [0.05, 0.1) is 11.3 Å². The highest BCUT2D eigenvalue weighted by Gasteiger charge is 2.12. The van der Waals surface area contributed by atoms with Gasteiger partial charge in [-0.2, -0.15) is 0 Å². The standard InChI is InChI=1S/C18H17FN2O2S/c1-2-3-11-23-13-9-7-12(8-10-13)17(22)21-18-20-16-14(19)5-4-6-15(16)24-18/h4-10H,2-3,11H2,1H3,(H,20,21,22). The summed E-state index contributed by atoms with van der Waals surface area (Å²) in [6.45, 7) is 2.77. The summed E-state index contributed by atoms with van der Waals surface area (Å²) in [5.41, 5.74) is 0.773. The zero-order chi connectivity index (χ0) is 16.9. The Morgan fingerprint density at radius 1 is 1.25 bits per heavy atom. The molecule has 2 aromatic carbocycles. The molecule has 0 radical (unpaired) electrons. The van der Waals surface area contributed by atoms with Crippen molar-refractivity contribution < 1.29 is 13.9 Å². The van der Waals surface area contributed by atoms with Crippen LogP contribution in [0.1, 0.15) is 30.1 Å². The van der Waals surface area contributed by atoms with Crippen LogP contribution >= 0.6 is 11.3 Å². The quantitative estimate of drug-likeness (QED) is 0.649. The fourth-order valence-corrected chi connectivity index (χ4v) is 3.05. The predicted molar refractivity (Wildman–Crippen MR) is 94.4 cm³/mol. The van der Waals surface area contributed by atoms with Crippen molar-refractivity contribution in [3.8, 4) is 5.75 Å². The lowest BCUT2D eigenvalue weighted by atomic mass is 10.2. The van der Waals surface area contributed by atoms with Crippen LogP contribution in [0.15, 0.2) is 42.5 Å². The predicted octanol–water partition coefficient (Wildman–Crippen LogP) is 4.87. The number of hydrogen-bond donors (Lipinski definition) is 1. The van der Waals surface area contributed by atoms with Crippen LogP contribution in [0.5, 0.6) is 5.75 Å². The number of hydrogen-bond acceptors (Lipinski definition) is 4. The summed E-state index contributed by atoms with van der Waals surface area (Å²) in [5, 5.41) is 3.09. The number of benzene rings is 2. The highest BCUT2D eigenvalue weighted by molar-refractivity contribution is 7.22. The minimum Gasteiger partial charge on any atom is -0.494 e. The summed E-state index contributed by atoms with van der Waals surface area (Å²) in [6, 6.07) is 11.7. The summed E-state index contributed by atoms with van der Waals surface area (Å²) >= 11 is 1.24. The fourth-order valence-electron chi connectivity index (χ4n) is 2.17. The van der Waals surface area contributed by atoms with Gasteiger partial charge in [-0.05, 0) is 42.8 Å². The highest BCUT2D eigenvalue weighted by atomic mass is 32.1. The van der Waals surface area contributed by atoms with E-state index < -0.39 is 5.82 Å². The van der Waals surface area contributed by atoms with Crippen LogP contribution in [0.3, 0.4) is 0 Å². The molecule has 0 aliphatic heterocycles. The molecule has 1 amide bonds. The van der Waals surface area contributed by atoms with Gasteiger partial charge in [0.15, 0.2) is 5.13 Å². The average Bonchev–Trinajstić information content (AvgIpc) is 2.99. The Labute approximate surface area is 143 Å². The third kappa shape index (κ3) is 3.71. The van der Waals surface area contributed by atoms with E-state index in [-0.39, 0.29) is 11.4 Å². The van der Waals surface area contributed by atoms with Gasteiger partial charge in [-0.3, -0.25) is 10.1 Å². The Hall–Kier alpha value is -2.47. The molecule has 0 bridgehead atoms. The van der Waals surface area contributed by atoms with E-state index in [1.807, 2.05) is 0 Å². The second-order valence-electron chi connectivity index (χ2n) is 5.29.